The molecule has 29 heavy (non-hydrogen) atoms. The maximum atomic E-state index is 13.5. The molecule has 1 N–H and O–H groups in total. The van der Waals surface area contributed by atoms with Crippen LogP contribution in [0.5, 0.6) is 0 Å². The van der Waals surface area contributed by atoms with E-state index in [-0.39, 0.29) is 5.91 Å². The summed E-state index contributed by atoms with van der Waals surface area (Å²) in [5.74, 6) is -1.37. The van der Waals surface area contributed by atoms with Crippen molar-refractivity contribution >= 4 is 39.5 Å². The molecule has 3 nitrogen and oxygen atoms in total. The van der Waals surface area contributed by atoms with Gasteiger partial charge in [0.15, 0.2) is 0 Å². The number of hydrogen-bond acceptors (Lipinski definition) is 3. The summed E-state index contributed by atoms with van der Waals surface area (Å²) in [7, 11) is 0. The lowest BCUT2D eigenvalue weighted by atomic mass is 9.97. The number of fused-ring (bicyclic) bond motifs is 1. The van der Waals surface area contributed by atoms with E-state index < -0.39 is 17.7 Å². The van der Waals surface area contributed by atoms with Crippen LogP contribution < -0.4 is 9.62 Å². The third-order valence-electron chi connectivity index (χ3n) is 4.66. The zero-order valence-electron chi connectivity index (χ0n) is 15.2. The fourth-order valence-corrected chi connectivity index (χ4v) is 4.56. The summed E-state index contributed by atoms with van der Waals surface area (Å²) < 4.78 is 30.9. The van der Waals surface area contributed by atoms with Gasteiger partial charge in [-0.25, -0.2) is 13.5 Å². The standard InChI is InChI=1S/C22H17BrF2N2OS/c23-16-6-7-21-15(8-16)9-20(26-29-19-11-17(24)10-18(25)12-19)22(28)27(21)13-14-4-2-1-3-5-14/h1-8,10-12,20,26H,9,13H2. The fraction of sp³-hybridized carbons (Fsp3) is 0.136. The minimum Gasteiger partial charge on any atom is -0.306 e. The largest absolute Gasteiger partial charge is 0.306 e. The molecule has 4 rings (SSSR count). The number of nitrogens with one attached hydrogen (secondary N) is 1. The lowest BCUT2D eigenvalue weighted by Crippen LogP contribution is -2.49. The minimum atomic E-state index is -0.649. The molecule has 3 aromatic carbocycles. The number of carbonyl (C=O) groups is 1. The molecule has 0 saturated carbocycles. The van der Waals surface area contributed by atoms with Crippen molar-refractivity contribution in [3.63, 3.8) is 0 Å². The third kappa shape index (κ3) is 4.69. The first-order chi connectivity index (χ1) is 14.0. The molecular weight excluding hydrogens is 458 g/mol. The van der Waals surface area contributed by atoms with Crippen molar-refractivity contribution in [3.8, 4) is 0 Å². The molecule has 1 heterocycles. The highest BCUT2D eigenvalue weighted by molar-refractivity contribution is 9.10. The van der Waals surface area contributed by atoms with Crippen LogP contribution in [-0.2, 0) is 17.8 Å². The average Bonchev–Trinajstić information content (AvgIpc) is 2.69. The number of rotatable bonds is 5. The Hall–Kier alpha value is -2.22. The van der Waals surface area contributed by atoms with Crippen molar-refractivity contribution in [1.29, 1.82) is 0 Å². The van der Waals surface area contributed by atoms with Crippen molar-refractivity contribution in [2.45, 2.75) is 23.9 Å². The van der Waals surface area contributed by atoms with Gasteiger partial charge in [0.25, 0.3) is 0 Å². The maximum Gasteiger partial charge on any atom is 0.245 e. The van der Waals surface area contributed by atoms with E-state index in [2.05, 4.69) is 20.7 Å². The van der Waals surface area contributed by atoms with Crippen LogP contribution in [0.2, 0.25) is 0 Å². The van der Waals surface area contributed by atoms with Gasteiger partial charge in [-0.2, -0.15) is 0 Å². The summed E-state index contributed by atoms with van der Waals surface area (Å²) in [6, 6.07) is 18.4. The highest BCUT2D eigenvalue weighted by Crippen LogP contribution is 2.33. The van der Waals surface area contributed by atoms with Crippen LogP contribution in [0.3, 0.4) is 0 Å². The SMILES string of the molecule is O=C1C(NSc2cc(F)cc(F)c2)Cc2cc(Br)ccc2N1Cc1ccccc1. The molecule has 0 bridgehead atoms. The van der Waals surface area contributed by atoms with Crippen LogP contribution in [0.1, 0.15) is 11.1 Å². The molecule has 1 unspecified atom stereocenters. The second-order valence-electron chi connectivity index (χ2n) is 6.76. The van der Waals surface area contributed by atoms with Gasteiger partial charge in [0.05, 0.1) is 6.54 Å². The molecule has 0 aliphatic carbocycles. The zero-order valence-corrected chi connectivity index (χ0v) is 17.6. The Morgan fingerprint density at radius 1 is 1.03 bits per heavy atom. The van der Waals surface area contributed by atoms with Crippen LogP contribution in [0.15, 0.2) is 76.1 Å². The summed E-state index contributed by atoms with van der Waals surface area (Å²) in [4.78, 5) is 15.4. The lowest BCUT2D eigenvalue weighted by Gasteiger charge is -2.34. The van der Waals surface area contributed by atoms with Crippen molar-refractivity contribution in [2.24, 2.45) is 0 Å². The van der Waals surface area contributed by atoms with Crippen LogP contribution in [0.25, 0.3) is 0 Å². The van der Waals surface area contributed by atoms with E-state index in [1.807, 2.05) is 48.5 Å². The number of anilines is 1. The molecule has 3 aromatic rings. The quantitative estimate of drug-likeness (QED) is 0.496. The molecule has 1 amide bonds. The van der Waals surface area contributed by atoms with Gasteiger partial charge in [0.1, 0.15) is 17.7 Å². The van der Waals surface area contributed by atoms with Crippen LogP contribution in [-0.4, -0.2) is 11.9 Å². The smallest absolute Gasteiger partial charge is 0.245 e. The molecule has 0 spiro atoms. The molecule has 0 saturated heterocycles. The van der Waals surface area contributed by atoms with E-state index in [1.165, 1.54) is 12.1 Å². The number of benzene rings is 3. The van der Waals surface area contributed by atoms with Crippen LogP contribution >= 0.6 is 27.9 Å². The minimum absolute atomic E-state index is 0.0759. The fourth-order valence-electron chi connectivity index (χ4n) is 3.34. The first kappa shape index (κ1) is 20.1. The van der Waals surface area contributed by atoms with E-state index in [1.54, 1.807) is 4.90 Å². The maximum absolute atomic E-state index is 13.5. The van der Waals surface area contributed by atoms with Gasteiger partial charge in [0.2, 0.25) is 5.91 Å². The van der Waals surface area contributed by atoms with E-state index in [0.717, 1.165) is 39.3 Å². The molecule has 1 aliphatic rings. The van der Waals surface area contributed by atoms with Gasteiger partial charge in [-0.05, 0) is 59.8 Å². The van der Waals surface area contributed by atoms with E-state index in [9.17, 15) is 13.6 Å². The van der Waals surface area contributed by atoms with Gasteiger partial charge in [-0.1, -0.05) is 46.3 Å². The zero-order chi connectivity index (χ0) is 20.4. The molecule has 1 atom stereocenters. The van der Waals surface area contributed by atoms with Gasteiger partial charge < -0.3 is 4.90 Å². The van der Waals surface area contributed by atoms with Crippen molar-refractivity contribution in [2.75, 3.05) is 4.90 Å². The monoisotopic (exact) mass is 474 g/mol. The number of nitrogens with zero attached hydrogens (tertiary/aromatic N) is 1. The Morgan fingerprint density at radius 2 is 1.76 bits per heavy atom. The molecule has 1 aliphatic heterocycles. The van der Waals surface area contributed by atoms with Crippen LogP contribution in [0, 0.1) is 11.6 Å². The third-order valence-corrected chi connectivity index (χ3v) is 6.03. The van der Waals surface area contributed by atoms with Gasteiger partial charge in [0, 0.05) is 21.1 Å². The lowest BCUT2D eigenvalue weighted by molar-refractivity contribution is -0.120. The van der Waals surface area contributed by atoms with Gasteiger partial charge in [-0.3, -0.25) is 4.79 Å². The molecule has 0 fully saturated rings. The van der Waals surface area contributed by atoms with Gasteiger partial charge in [-0.15, -0.1) is 0 Å². The Labute approximate surface area is 180 Å². The normalized spacial score (nSPS) is 16.0. The summed E-state index contributed by atoms with van der Waals surface area (Å²) in [5.41, 5.74) is 2.93. The highest BCUT2D eigenvalue weighted by atomic mass is 79.9. The first-order valence-corrected chi connectivity index (χ1v) is 10.6. The summed E-state index contributed by atoms with van der Waals surface area (Å²) in [6.07, 6.45) is 0.490. The summed E-state index contributed by atoms with van der Waals surface area (Å²) in [6.45, 7) is 0.450. The second kappa shape index (κ2) is 8.65. The Bertz CT molecular complexity index is 1030. The Morgan fingerprint density at radius 3 is 2.48 bits per heavy atom. The topological polar surface area (TPSA) is 32.3 Å². The number of hydrogen-bond donors (Lipinski definition) is 1. The second-order valence-corrected chi connectivity index (χ2v) is 8.59. The van der Waals surface area contributed by atoms with Crippen molar-refractivity contribution in [3.05, 3.63) is 94.0 Å². The van der Waals surface area contributed by atoms with E-state index in [4.69, 9.17) is 0 Å². The van der Waals surface area contributed by atoms with E-state index >= 15 is 0 Å². The number of halogens is 3. The van der Waals surface area contributed by atoms with E-state index in [0.29, 0.717) is 17.9 Å². The predicted octanol–water partition coefficient (Wildman–Crippen LogP) is 5.48. The Balaban J connectivity index is 1.59. The summed E-state index contributed by atoms with van der Waals surface area (Å²) >= 11 is 4.55. The van der Waals surface area contributed by atoms with Crippen LogP contribution in [0.4, 0.5) is 14.5 Å². The molecule has 148 valence electrons. The van der Waals surface area contributed by atoms with Crippen molar-refractivity contribution < 1.29 is 13.6 Å². The molecule has 0 radical (unpaired) electrons. The highest BCUT2D eigenvalue weighted by Gasteiger charge is 2.33. The number of carbonyl (C=O) groups excluding carboxylic acids is 1. The summed E-state index contributed by atoms with van der Waals surface area (Å²) in [5, 5.41) is 0. The Kier molecular flexibility index (Phi) is 5.99. The average molecular weight is 475 g/mol. The first-order valence-electron chi connectivity index (χ1n) is 9.02. The van der Waals surface area contributed by atoms with Gasteiger partial charge >= 0.3 is 0 Å². The molecule has 0 aromatic heterocycles. The number of amides is 1. The predicted molar refractivity (Wildman–Crippen MR) is 115 cm³/mol. The molecular formula is C22H17BrF2N2OS. The molecule has 7 heteroatoms. The van der Waals surface area contributed by atoms with Crippen molar-refractivity contribution in [1.82, 2.24) is 4.72 Å².